The minimum absolute atomic E-state index is 0.194. The smallest absolute Gasteiger partial charge is 0.160 e. The van der Waals surface area contributed by atoms with Crippen molar-refractivity contribution in [2.24, 2.45) is 0 Å². The van der Waals surface area contributed by atoms with Gasteiger partial charge in [-0.25, -0.2) is 0 Å². The molecule has 3 rings (SSSR count). The molecule has 0 bridgehead atoms. The van der Waals surface area contributed by atoms with Crippen LogP contribution < -0.4 is 0 Å². The summed E-state index contributed by atoms with van der Waals surface area (Å²) in [6.07, 6.45) is 4.85. The Morgan fingerprint density at radius 2 is 2.10 bits per heavy atom. The highest BCUT2D eigenvalue weighted by atomic mass is 16.3. The second-order valence-corrected chi connectivity index (χ2v) is 5.62. The number of likely N-dealkylation sites (tertiary alicyclic amines) is 1. The number of fused-ring (bicyclic) bond motifs is 1. The van der Waals surface area contributed by atoms with Gasteiger partial charge in [-0.05, 0) is 44.5 Å². The molecule has 0 amide bonds. The van der Waals surface area contributed by atoms with Crippen molar-refractivity contribution >= 4 is 5.65 Å². The first-order valence-electron chi connectivity index (χ1n) is 7.48. The Labute approximate surface area is 119 Å². The highest BCUT2D eigenvalue weighted by molar-refractivity contribution is 5.37. The average molecular weight is 274 g/mol. The average Bonchev–Trinajstić information content (AvgIpc) is 2.92. The third-order valence-corrected chi connectivity index (χ3v) is 4.23. The number of aromatic nitrogens is 3. The zero-order valence-corrected chi connectivity index (χ0v) is 11.9. The van der Waals surface area contributed by atoms with Crippen LogP contribution in [0.25, 0.3) is 5.65 Å². The molecule has 2 aromatic rings. The molecule has 108 valence electrons. The van der Waals surface area contributed by atoms with Crippen molar-refractivity contribution in [3.05, 3.63) is 30.2 Å². The van der Waals surface area contributed by atoms with E-state index in [0.717, 1.165) is 50.4 Å². The minimum atomic E-state index is -0.194. The summed E-state index contributed by atoms with van der Waals surface area (Å²) in [5, 5.41) is 18.3. The van der Waals surface area contributed by atoms with Gasteiger partial charge in [0, 0.05) is 18.7 Å². The molecular formula is C15H22N4O. The number of aliphatic hydroxyl groups excluding tert-OH is 1. The fourth-order valence-electron chi connectivity index (χ4n) is 2.94. The number of β-amino-alcohol motifs (C(OH)–C–C–N with tert-alkyl or cyclic N) is 1. The molecule has 0 aromatic carbocycles. The highest BCUT2D eigenvalue weighted by Crippen LogP contribution is 2.27. The van der Waals surface area contributed by atoms with Crippen molar-refractivity contribution in [1.29, 1.82) is 0 Å². The van der Waals surface area contributed by atoms with Crippen molar-refractivity contribution in [2.75, 3.05) is 19.6 Å². The molecule has 0 saturated carbocycles. The van der Waals surface area contributed by atoms with E-state index in [4.69, 9.17) is 0 Å². The molecule has 0 spiro atoms. The number of hydrogen-bond acceptors (Lipinski definition) is 4. The Bertz CT molecular complexity index is 560. The van der Waals surface area contributed by atoms with Gasteiger partial charge in [0.1, 0.15) is 5.82 Å². The van der Waals surface area contributed by atoms with E-state index in [2.05, 4.69) is 19.5 Å². The SMILES string of the molecule is CCC(O)CN1CCC(c2nnc3ccccn23)CC1. The quantitative estimate of drug-likeness (QED) is 0.921. The van der Waals surface area contributed by atoms with Crippen molar-refractivity contribution in [2.45, 2.75) is 38.2 Å². The van der Waals surface area contributed by atoms with E-state index in [0.29, 0.717) is 5.92 Å². The number of aliphatic hydroxyl groups is 1. The summed E-state index contributed by atoms with van der Waals surface area (Å²) in [5.74, 6) is 1.55. The molecule has 0 radical (unpaired) electrons. The fourth-order valence-corrected chi connectivity index (χ4v) is 2.94. The fraction of sp³-hybridized carbons (Fsp3) is 0.600. The third kappa shape index (κ3) is 2.69. The van der Waals surface area contributed by atoms with E-state index in [1.54, 1.807) is 0 Å². The van der Waals surface area contributed by atoms with Crippen LogP contribution in [0.5, 0.6) is 0 Å². The molecule has 1 saturated heterocycles. The summed E-state index contributed by atoms with van der Waals surface area (Å²) in [6, 6.07) is 6.00. The van der Waals surface area contributed by atoms with Gasteiger partial charge >= 0.3 is 0 Å². The lowest BCUT2D eigenvalue weighted by Gasteiger charge is -2.32. The van der Waals surface area contributed by atoms with Gasteiger partial charge in [-0.1, -0.05) is 13.0 Å². The van der Waals surface area contributed by atoms with Gasteiger partial charge < -0.3 is 10.0 Å². The van der Waals surface area contributed by atoms with Gasteiger partial charge in [0.2, 0.25) is 0 Å². The molecule has 2 aromatic heterocycles. The Morgan fingerprint density at radius 1 is 1.30 bits per heavy atom. The number of piperidine rings is 1. The number of hydrogen-bond donors (Lipinski definition) is 1. The molecule has 0 aliphatic carbocycles. The Hall–Kier alpha value is -1.46. The lowest BCUT2D eigenvalue weighted by Crippen LogP contribution is -2.38. The summed E-state index contributed by atoms with van der Waals surface area (Å²) in [7, 11) is 0. The predicted molar refractivity (Wildman–Crippen MR) is 77.7 cm³/mol. The molecule has 1 aliphatic heterocycles. The van der Waals surface area contributed by atoms with Crippen LogP contribution in [0, 0.1) is 0 Å². The highest BCUT2D eigenvalue weighted by Gasteiger charge is 2.25. The molecule has 1 unspecified atom stereocenters. The van der Waals surface area contributed by atoms with E-state index < -0.39 is 0 Å². The number of nitrogens with zero attached hydrogens (tertiary/aromatic N) is 4. The summed E-state index contributed by atoms with van der Waals surface area (Å²) in [5.41, 5.74) is 0.923. The van der Waals surface area contributed by atoms with E-state index in [1.807, 2.05) is 31.3 Å². The van der Waals surface area contributed by atoms with Gasteiger partial charge in [-0.2, -0.15) is 0 Å². The summed E-state index contributed by atoms with van der Waals surface area (Å²) in [6.45, 7) is 4.89. The van der Waals surface area contributed by atoms with Crippen molar-refractivity contribution in [3.63, 3.8) is 0 Å². The van der Waals surface area contributed by atoms with Crippen LogP contribution in [0.15, 0.2) is 24.4 Å². The number of pyridine rings is 1. The lowest BCUT2D eigenvalue weighted by molar-refractivity contribution is 0.0937. The van der Waals surface area contributed by atoms with Crippen LogP contribution >= 0.6 is 0 Å². The third-order valence-electron chi connectivity index (χ3n) is 4.23. The van der Waals surface area contributed by atoms with Crippen molar-refractivity contribution in [3.8, 4) is 0 Å². The second kappa shape index (κ2) is 5.89. The van der Waals surface area contributed by atoms with Crippen LogP contribution in [-0.2, 0) is 0 Å². The maximum absolute atomic E-state index is 9.73. The van der Waals surface area contributed by atoms with Gasteiger partial charge in [0.05, 0.1) is 6.10 Å². The Balaban J connectivity index is 1.66. The van der Waals surface area contributed by atoms with Gasteiger partial charge in [-0.15, -0.1) is 10.2 Å². The zero-order chi connectivity index (χ0) is 13.9. The standard InChI is InChI=1S/C15H22N4O/c1-2-13(20)11-18-9-6-12(7-10-18)15-17-16-14-5-3-4-8-19(14)15/h3-5,8,12-13,20H,2,6-7,9-11H2,1H3. The van der Waals surface area contributed by atoms with Crippen LogP contribution in [0.1, 0.15) is 37.9 Å². The summed E-state index contributed by atoms with van der Waals surface area (Å²) < 4.78 is 2.10. The molecule has 1 aliphatic rings. The van der Waals surface area contributed by atoms with E-state index >= 15 is 0 Å². The molecule has 3 heterocycles. The maximum atomic E-state index is 9.73. The summed E-state index contributed by atoms with van der Waals surface area (Å²) in [4.78, 5) is 2.36. The van der Waals surface area contributed by atoms with E-state index in [-0.39, 0.29) is 6.10 Å². The Morgan fingerprint density at radius 3 is 2.85 bits per heavy atom. The van der Waals surface area contributed by atoms with Gasteiger partial charge in [0.15, 0.2) is 5.65 Å². The van der Waals surface area contributed by atoms with Crippen molar-refractivity contribution in [1.82, 2.24) is 19.5 Å². The van der Waals surface area contributed by atoms with Gasteiger partial charge in [-0.3, -0.25) is 4.40 Å². The van der Waals surface area contributed by atoms with E-state index in [1.165, 1.54) is 0 Å². The largest absolute Gasteiger partial charge is 0.392 e. The molecule has 1 N–H and O–H groups in total. The lowest BCUT2D eigenvalue weighted by atomic mass is 9.95. The maximum Gasteiger partial charge on any atom is 0.160 e. The molecular weight excluding hydrogens is 252 g/mol. The number of rotatable bonds is 4. The topological polar surface area (TPSA) is 53.7 Å². The molecule has 1 fully saturated rings. The first-order chi connectivity index (χ1) is 9.78. The first-order valence-corrected chi connectivity index (χ1v) is 7.48. The van der Waals surface area contributed by atoms with Crippen molar-refractivity contribution < 1.29 is 5.11 Å². The van der Waals surface area contributed by atoms with Crippen LogP contribution in [0.3, 0.4) is 0 Å². The van der Waals surface area contributed by atoms with E-state index in [9.17, 15) is 5.11 Å². The first kappa shape index (κ1) is 13.5. The van der Waals surface area contributed by atoms with Gasteiger partial charge in [0.25, 0.3) is 0 Å². The monoisotopic (exact) mass is 274 g/mol. The minimum Gasteiger partial charge on any atom is -0.392 e. The Kier molecular flexibility index (Phi) is 3.98. The van der Waals surface area contributed by atoms with Crippen LogP contribution in [0.2, 0.25) is 0 Å². The van der Waals surface area contributed by atoms with Crippen LogP contribution in [0.4, 0.5) is 0 Å². The van der Waals surface area contributed by atoms with Crippen LogP contribution in [-0.4, -0.2) is 50.3 Å². The normalized spacial score (nSPS) is 19.5. The molecule has 5 nitrogen and oxygen atoms in total. The zero-order valence-electron chi connectivity index (χ0n) is 11.9. The molecule has 1 atom stereocenters. The molecule has 5 heteroatoms. The second-order valence-electron chi connectivity index (χ2n) is 5.62. The molecule has 20 heavy (non-hydrogen) atoms. The summed E-state index contributed by atoms with van der Waals surface area (Å²) >= 11 is 0. The predicted octanol–water partition coefficient (Wildman–Crippen LogP) is 1.68.